The molecule has 3 rings (SSSR count). The van der Waals surface area contributed by atoms with Crippen LogP contribution in [0.3, 0.4) is 0 Å². The number of rotatable bonds is 5. The molecule has 0 unspecified atom stereocenters. The van der Waals surface area contributed by atoms with Gasteiger partial charge in [0.2, 0.25) is 15.9 Å². The highest BCUT2D eigenvalue weighted by Gasteiger charge is 2.20. The molecule has 26 heavy (non-hydrogen) atoms. The van der Waals surface area contributed by atoms with Crippen LogP contribution in [0.2, 0.25) is 5.02 Å². The summed E-state index contributed by atoms with van der Waals surface area (Å²) >= 11 is 6.06. The van der Waals surface area contributed by atoms with Gasteiger partial charge >= 0.3 is 0 Å². The van der Waals surface area contributed by atoms with Crippen LogP contribution >= 0.6 is 11.6 Å². The van der Waals surface area contributed by atoms with Crippen molar-refractivity contribution in [3.8, 4) is 0 Å². The fourth-order valence-corrected chi connectivity index (χ4v) is 3.56. The minimum atomic E-state index is -3.97. The highest BCUT2D eigenvalue weighted by molar-refractivity contribution is 7.89. The van der Waals surface area contributed by atoms with E-state index in [4.69, 9.17) is 16.7 Å². The van der Waals surface area contributed by atoms with Crippen molar-refractivity contribution in [1.82, 2.24) is 5.32 Å². The van der Waals surface area contributed by atoms with E-state index < -0.39 is 10.0 Å². The van der Waals surface area contributed by atoms with Gasteiger partial charge in [-0.05, 0) is 29.8 Å². The van der Waals surface area contributed by atoms with Crippen molar-refractivity contribution >= 4 is 38.9 Å². The third kappa shape index (κ3) is 4.16. The lowest BCUT2D eigenvalue weighted by molar-refractivity contribution is -0.115. The Bertz CT molecular complexity index is 976. The number of anilines is 2. The molecule has 2 aromatic carbocycles. The summed E-state index contributed by atoms with van der Waals surface area (Å²) in [5.74, 6) is -0.311. The number of hydrogen-bond donors (Lipinski definition) is 3. The fraction of sp³-hybridized carbons (Fsp3) is 0.118. The van der Waals surface area contributed by atoms with Gasteiger partial charge in [-0.2, -0.15) is 0 Å². The van der Waals surface area contributed by atoms with Crippen LogP contribution in [0, 0.1) is 0 Å². The molecule has 0 saturated carbocycles. The van der Waals surface area contributed by atoms with Gasteiger partial charge in [0.05, 0.1) is 18.8 Å². The second-order valence-corrected chi connectivity index (χ2v) is 7.63. The summed E-state index contributed by atoms with van der Waals surface area (Å²) in [6.07, 6.45) is 3.48. The predicted octanol–water partition coefficient (Wildman–Crippen LogP) is 2.01. The lowest BCUT2D eigenvalue weighted by atomic mass is 10.1. The lowest BCUT2D eigenvalue weighted by Gasteiger charge is -2.19. The Morgan fingerprint density at radius 2 is 2.04 bits per heavy atom. The van der Waals surface area contributed by atoms with Gasteiger partial charge in [0.1, 0.15) is 4.90 Å². The molecule has 136 valence electrons. The van der Waals surface area contributed by atoms with Gasteiger partial charge in [0.15, 0.2) is 0 Å². The summed E-state index contributed by atoms with van der Waals surface area (Å²) in [5, 5.41) is 11.5. The first-order chi connectivity index (χ1) is 12.3. The van der Waals surface area contributed by atoms with Crippen LogP contribution in [-0.2, 0) is 21.2 Å². The Labute approximate surface area is 156 Å². The summed E-state index contributed by atoms with van der Waals surface area (Å²) in [6, 6.07) is 11.6. The zero-order chi connectivity index (χ0) is 18.7. The minimum Gasteiger partial charge on any atom is -0.372 e. The molecular formula is C17H17ClN4O3S. The van der Waals surface area contributed by atoms with Crippen molar-refractivity contribution in [2.45, 2.75) is 11.3 Å². The highest BCUT2D eigenvalue weighted by atomic mass is 35.5. The van der Waals surface area contributed by atoms with Gasteiger partial charge in [-0.15, -0.1) is 0 Å². The van der Waals surface area contributed by atoms with E-state index in [1.165, 1.54) is 6.07 Å². The van der Waals surface area contributed by atoms with Crippen molar-refractivity contribution in [2.24, 2.45) is 5.14 Å². The van der Waals surface area contributed by atoms with Gasteiger partial charge < -0.3 is 15.5 Å². The van der Waals surface area contributed by atoms with Crippen molar-refractivity contribution in [3.63, 3.8) is 0 Å². The first-order valence-electron chi connectivity index (χ1n) is 7.71. The van der Waals surface area contributed by atoms with Crippen molar-refractivity contribution in [2.75, 3.05) is 16.9 Å². The molecular weight excluding hydrogens is 376 g/mol. The number of primary sulfonamides is 1. The van der Waals surface area contributed by atoms with Gasteiger partial charge in [-0.25, -0.2) is 13.6 Å². The van der Waals surface area contributed by atoms with Crippen LogP contribution in [-0.4, -0.2) is 21.0 Å². The maximum absolute atomic E-state index is 12.3. The van der Waals surface area contributed by atoms with Crippen LogP contribution in [0.1, 0.15) is 5.56 Å². The number of hydrogen-bond acceptors (Lipinski definition) is 5. The van der Waals surface area contributed by atoms with E-state index in [9.17, 15) is 13.2 Å². The van der Waals surface area contributed by atoms with E-state index in [1.54, 1.807) is 53.7 Å². The summed E-state index contributed by atoms with van der Waals surface area (Å²) in [4.78, 5) is 13.9. The number of nitrogens with one attached hydrogen (secondary N) is 2. The molecule has 2 aromatic rings. The Morgan fingerprint density at radius 1 is 1.27 bits per heavy atom. The second kappa shape index (κ2) is 7.36. The van der Waals surface area contributed by atoms with Crippen LogP contribution in [0.5, 0.6) is 0 Å². The van der Waals surface area contributed by atoms with Gasteiger partial charge in [0.25, 0.3) is 0 Å². The van der Waals surface area contributed by atoms with E-state index in [1.807, 2.05) is 0 Å². The number of benzene rings is 2. The number of carbonyl (C=O) groups is 1. The molecule has 0 bridgehead atoms. The molecule has 7 nitrogen and oxygen atoms in total. The fourth-order valence-electron chi connectivity index (χ4n) is 2.59. The topological polar surface area (TPSA) is 105 Å². The first-order valence-corrected chi connectivity index (χ1v) is 9.64. The molecule has 0 fully saturated rings. The van der Waals surface area contributed by atoms with E-state index in [0.29, 0.717) is 28.6 Å². The van der Waals surface area contributed by atoms with Gasteiger partial charge in [-0.1, -0.05) is 29.8 Å². The SMILES string of the molecule is NS(=O)(=O)c1cc(NC(=O)Cc2ccccc2Cl)ccc1N1C=CNC1. The molecule has 0 aliphatic carbocycles. The minimum absolute atomic E-state index is 0.0682. The number of sulfonamides is 1. The third-order valence-corrected chi connectivity index (χ3v) is 5.11. The first kappa shape index (κ1) is 18.2. The molecule has 1 aliphatic rings. The Balaban J connectivity index is 1.83. The van der Waals surface area contributed by atoms with Crippen LogP contribution in [0.15, 0.2) is 59.8 Å². The average molecular weight is 393 g/mol. The van der Waals surface area contributed by atoms with Gasteiger partial charge in [0, 0.05) is 23.1 Å². The largest absolute Gasteiger partial charge is 0.372 e. The number of halogens is 1. The standard InChI is InChI=1S/C17H17ClN4O3S/c18-14-4-2-1-3-12(14)9-17(23)21-13-5-6-15(22-8-7-20-11-22)16(10-13)26(19,24)25/h1-8,10,20H,9,11H2,(H,21,23)(H2,19,24,25). The molecule has 1 heterocycles. The van der Waals surface area contributed by atoms with Crippen molar-refractivity contribution in [1.29, 1.82) is 0 Å². The Kier molecular flexibility index (Phi) is 5.17. The second-order valence-electron chi connectivity index (χ2n) is 5.69. The number of nitrogens with zero attached hydrogens (tertiary/aromatic N) is 1. The molecule has 0 atom stereocenters. The molecule has 4 N–H and O–H groups in total. The molecule has 0 radical (unpaired) electrons. The highest BCUT2D eigenvalue weighted by Crippen LogP contribution is 2.28. The zero-order valence-electron chi connectivity index (χ0n) is 13.6. The predicted molar refractivity (Wildman–Crippen MR) is 101 cm³/mol. The van der Waals surface area contributed by atoms with Gasteiger partial charge in [-0.3, -0.25) is 4.79 Å². The summed E-state index contributed by atoms with van der Waals surface area (Å²) in [7, 11) is -3.97. The Hall–Kier alpha value is -2.55. The summed E-state index contributed by atoms with van der Waals surface area (Å²) in [6.45, 7) is 0.431. The lowest BCUT2D eigenvalue weighted by Crippen LogP contribution is -2.24. The molecule has 0 spiro atoms. The summed E-state index contributed by atoms with van der Waals surface area (Å²) in [5.41, 5.74) is 1.45. The molecule has 0 aromatic heterocycles. The van der Waals surface area contributed by atoms with Crippen LogP contribution in [0.25, 0.3) is 0 Å². The number of nitrogens with two attached hydrogens (primary N) is 1. The quantitative estimate of drug-likeness (QED) is 0.722. The Morgan fingerprint density at radius 3 is 2.69 bits per heavy atom. The summed E-state index contributed by atoms with van der Waals surface area (Å²) < 4.78 is 23.9. The zero-order valence-corrected chi connectivity index (χ0v) is 15.2. The normalized spacial score (nSPS) is 13.5. The van der Waals surface area contributed by atoms with Crippen molar-refractivity contribution < 1.29 is 13.2 Å². The van der Waals surface area contributed by atoms with E-state index in [-0.39, 0.29) is 17.2 Å². The molecule has 1 aliphatic heterocycles. The monoisotopic (exact) mass is 392 g/mol. The maximum Gasteiger partial charge on any atom is 0.240 e. The number of carbonyl (C=O) groups excluding carboxylic acids is 1. The van der Waals surface area contributed by atoms with E-state index in [2.05, 4.69) is 10.6 Å². The maximum atomic E-state index is 12.3. The molecule has 0 saturated heterocycles. The average Bonchev–Trinajstić information content (AvgIpc) is 3.10. The number of amides is 1. The van der Waals surface area contributed by atoms with E-state index in [0.717, 1.165) is 0 Å². The third-order valence-electron chi connectivity index (χ3n) is 3.80. The molecule has 9 heteroatoms. The van der Waals surface area contributed by atoms with Crippen LogP contribution < -0.4 is 20.7 Å². The van der Waals surface area contributed by atoms with E-state index >= 15 is 0 Å². The van der Waals surface area contributed by atoms with Crippen LogP contribution in [0.4, 0.5) is 11.4 Å². The molecule has 1 amide bonds. The van der Waals surface area contributed by atoms with Crippen molar-refractivity contribution in [3.05, 3.63) is 65.5 Å². The smallest absolute Gasteiger partial charge is 0.240 e.